The molecule has 0 aliphatic rings. The minimum atomic E-state index is 0.132. The van der Waals surface area contributed by atoms with E-state index in [4.69, 9.17) is 0 Å². The summed E-state index contributed by atoms with van der Waals surface area (Å²) < 4.78 is 0.905. The molecule has 2 aromatic heterocycles. The van der Waals surface area contributed by atoms with Crippen LogP contribution in [0.5, 0.6) is 0 Å². The van der Waals surface area contributed by atoms with Crippen LogP contribution in [-0.2, 0) is 0 Å². The molecular formula is C11H9BrOS2. The highest BCUT2D eigenvalue weighted by Crippen LogP contribution is 2.31. The number of hydrogen-bond acceptors (Lipinski definition) is 3. The molecule has 0 aliphatic heterocycles. The normalized spacial score (nSPS) is 10.6. The number of aryl methyl sites for hydroxylation is 2. The van der Waals surface area contributed by atoms with Gasteiger partial charge in [-0.2, -0.15) is 0 Å². The predicted octanol–water partition coefficient (Wildman–Crippen LogP) is 4.42. The Labute approximate surface area is 105 Å². The summed E-state index contributed by atoms with van der Waals surface area (Å²) in [5.41, 5.74) is 1.06. The van der Waals surface area contributed by atoms with Gasteiger partial charge >= 0.3 is 0 Å². The minimum Gasteiger partial charge on any atom is -0.287 e. The van der Waals surface area contributed by atoms with Gasteiger partial charge in [0.2, 0.25) is 5.78 Å². The van der Waals surface area contributed by atoms with E-state index in [9.17, 15) is 4.79 Å². The van der Waals surface area contributed by atoms with Crippen molar-refractivity contribution in [3.8, 4) is 0 Å². The fourth-order valence-corrected chi connectivity index (χ4v) is 4.05. The Balaban J connectivity index is 2.45. The lowest BCUT2D eigenvalue weighted by molar-refractivity contribution is 0.104. The molecule has 78 valence electrons. The first-order valence-electron chi connectivity index (χ1n) is 4.44. The predicted molar refractivity (Wildman–Crippen MR) is 69.2 cm³/mol. The molecule has 0 saturated heterocycles. The van der Waals surface area contributed by atoms with E-state index < -0.39 is 0 Å². The molecule has 2 rings (SSSR count). The summed E-state index contributed by atoms with van der Waals surface area (Å²) in [4.78, 5) is 15.0. The molecule has 0 fully saturated rings. The van der Waals surface area contributed by atoms with Crippen LogP contribution >= 0.6 is 38.6 Å². The van der Waals surface area contributed by atoms with E-state index >= 15 is 0 Å². The second-order valence-electron chi connectivity index (χ2n) is 3.30. The van der Waals surface area contributed by atoms with Crippen LogP contribution < -0.4 is 0 Å². The van der Waals surface area contributed by atoms with Gasteiger partial charge in [0, 0.05) is 9.35 Å². The van der Waals surface area contributed by atoms with Crippen LogP contribution in [-0.4, -0.2) is 5.78 Å². The van der Waals surface area contributed by atoms with Crippen LogP contribution in [0.4, 0.5) is 0 Å². The van der Waals surface area contributed by atoms with Gasteiger partial charge in [-0.25, -0.2) is 0 Å². The molecule has 1 nitrogen and oxygen atoms in total. The Morgan fingerprint density at radius 1 is 1.33 bits per heavy atom. The lowest BCUT2D eigenvalue weighted by Gasteiger charge is -1.96. The topological polar surface area (TPSA) is 17.1 Å². The molecule has 0 atom stereocenters. The maximum atomic E-state index is 12.2. The van der Waals surface area contributed by atoms with E-state index in [1.54, 1.807) is 0 Å². The molecule has 15 heavy (non-hydrogen) atoms. The highest BCUT2D eigenvalue weighted by atomic mass is 79.9. The Bertz CT molecular complexity index is 510. The fourth-order valence-electron chi connectivity index (χ4n) is 1.35. The van der Waals surface area contributed by atoms with Crippen molar-refractivity contribution in [2.45, 2.75) is 13.8 Å². The smallest absolute Gasteiger partial charge is 0.214 e. The third-order valence-corrected chi connectivity index (χ3v) is 5.04. The van der Waals surface area contributed by atoms with Crippen molar-refractivity contribution in [2.75, 3.05) is 0 Å². The molecule has 0 radical (unpaired) electrons. The Kier molecular flexibility index (Phi) is 3.09. The van der Waals surface area contributed by atoms with Crippen molar-refractivity contribution in [1.29, 1.82) is 0 Å². The number of rotatable bonds is 2. The second kappa shape index (κ2) is 4.20. The quantitative estimate of drug-likeness (QED) is 0.750. The summed E-state index contributed by atoms with van der Waals surface area (Å²) in [5, 5.41) is 1.96. The average molecular weight is 301 g/mol. The highest BCUT2D eigenvalue weighted by Gasteiger charge is 2.18. The van der Waals surface area contributed by atoms with Gasteiger partial charge < -0.3 is 0 Å². The van der Waals surface area contributed by atoms with Crippen molar-refractivity contribution in [2.24, 2.45) is 0 Å². The van der Waals surface area contributed by atoms with Gasteiger partial charge in [0.25, 0.3) is 0 Å². The zero-order valence-electron chi connectivity index (χ0n) is 8.33. The second-order valence-corrected chi connectivity index (χ2v) is 6.32. The summed E-state index contributed by atoms with van der Waals surface area (Å²) in [6.45, 7) is 3.98. The zero-order valence-corrected chi connectivity index (χ0v) is 11.6. The molecule has 0 unspecified atom stereocenters. The molecule has 0 aromatic carbocycles. The molecule has 0 spiro atoms. The summed E-state index contributed by atoms with van der Waals surface area (Å²) in [5.74, 6) is 0.132. The number of thiophene rings is 2. The van der Waals surface area contributed by atoms with Crippen molar-refractivity contribution in [3.05, 3.63) is 42.2 Å². The van der Waals surface area contributed by atoms with Gasteiger partial charge in [0.05, 0.1) is 9.75 Å². The summed E-state index contributed by atoms with van der Waals surface area (Å²) in [7, 11) is 0. The first-order chi connectivity index (χ1) is 7.09. The molecule has 4 heteroatoms. The Morgan fingerprint density at radius 3 is 2.53 bits per heavy atom. The van der Waals surface area contributed by atoms with Crippen molar-refractivity contribution >= 4 is 44.4 Å². The molecule has 0 bridgehead atoms. The van der Waals surface area contributed by atoms with E-state index in [-0.39, 0.29) is 5.78 Å². The molecule has 0 amide bonds. The number of hydrogen-bond donors (Lipinski definition) is 0. The highest BCUT2D eigenvalue weighted by molar-refractivity contribution is 9.10. The number of halogens is 1. The summed E-state index contributed by atoms with van der Waals surface area (Å²) >= 11 is 6.47. The molecule has 0 aliphatic carbocycles. The third-order valence-electron chi connectivity index (χ3n) is 2.08. The molecule has 0 saturated carbocycles. The lowest BCUT2D eigenvalue weighted by Crippen LogP contribution is -1.97. The van der Waals surface area contributed by atoms with Crippen LogP contribution in [0.3, 0.4) is 0 Å². The third kappa shape index (κ3) is 2.07. The maximum absolute atomic E-state index is 12.2. The van der Waals surface area contributed by atoms with E-state index in [1.807, 2.05) is 31.4 Å². The van der Waals surface area contributed by atoms with Gasteiger partial charge in [-0.05, 0) is 52.9 Å². The largest absolute Gasteiger partial charge is 0.287 e. The number of carbonyl (C=O) groups is 1. The van der Waals surface area contributed by atoms with Gasteiger partial charge in [-0.15, -0.1) is 22.7 Å². The number of carbonyl (C=O) groups excluding carboxylic acids is 1. The van der Waals surface area contributed by atoms with Crippen LogP contribution in [0.15, 0.2) is 22.0 Å². The maximum Gasteiger partial charge on any atom is 0.214 e. The van der Waals surface area contributed by atoms with Crippen LogP contribution in [0.25, 0.3) is 0 Å². The Hall–Kier alpha value is -0.450. The van der Waals surface area contributed by atoms with E-state index in [0.29, 0.717) is 0 Å². The van der Waals surface area contributed by atoms with Crippen LogP contribution in [0, 0.1) is 13.8 Å². The van der Waals surface area contributed by atoms with Gasteiger partial charge in [0.15, 0.2) is 0 Å². The first-order valence-corrected chi connectivity index (χ1v) is 6.93. The van der Waals surface area contributed by atoms with Gasteiger partial charge in [-0.1, -0.05) is 0 Å². The zero-order chi connectivity index (χ0) is 11.0. The average Bonchev–Trinajstić information content (AvgIpc) is 2.71. The minimum absolute atomic E-state index is 0.132. The van der Waals surface area contributed by atoms with E-state index in [0.717, 1.165) is 24.7 Å². The summed E-state index contributed by atoms with van der Waals surface area (Å²) in [6.07, 6.45) is 0. The summed E-state index contributed by atoms with van der Waals surface area (Å²) in [6, 6.07) is 3.97. The molecule has 0 N–H and O–H groups in total. The monoisotopic (exact) mass is 300 g/mol. The van der Waals surface area contributed by atoms with Gasteiger partial charge in [-0.3, -0.25) is 4.79 Å². The van der Waals surface area contributed by atoms with Crippen LogP contribution in [0.2, 0.25) is 0 Å². The van der Waals surface area contributed by atoms with Crippen molar-refractivity contribution in [3.63, 3.8) is 0 Å². The fraction of sp³-hybridized carbons (Fsp3) is 0.182. The van der Waals surface area contributed by atoms with E-state index in [2.05, 4.69) is 15.9 Å². The number of ketones is 1. The van der Waals surface area contributed by atoms with Crippen molar-refractivity contribution in [1.82, 2.24) is 0 Å². The molecule has 2 aromatic rings. The van der Waals surface area contributed by atoms with Crippen molar-refractivity contribution < 1.29 is 4.79 Å². The lowest BCUT2D eigenvalue weighted by atomic mass is 10.2. The molecular weight excluding hydrogens is 292 g/mol. The SMILES string of the molecule is Cc1cc(Br)c(C(=O)c2sccc2C)s1. The standard InChI is InChI=1S/C11H9BrOS2/c1-6-3-4-14-10(6)9(13)11-8(12)5-7(2)15-11/h3-5H,1-2H3. The first kappa shape index (κ1) is 11.0. The van der Waals surface area contributed by atoms with E-state index in [1.165, 1.54) is 22.7 Å². The van der Waals surface area contributed by atoms with Crippen LogP contribution in [0.1, 0.15) is 25.0 Å². The van der Waals surface area contributed by atoms with Gasteiger partial charge in [0.1, 0.15) is 0 Å². The molecule has 2 heterocycles. The Morgan fingerprint density at radius 2 is 2.07 bits per heavy atom.